The minimum Gasteiger partial charge on any atom is -0.375 e. The molecule has 0 unspecified atom stereocenters. The second-order valence-electron chi connectivity index (χ2n) is 5.71. The van der Waals surface area contributed by atoms with Crippen LogP contribution in [0.15, 0.2) is 58.7 Å². The summed E-state index contributed by atoms with van der Waals surface area (Å²) in [5, 5.41) is 7.20. The van der Waals surface area contributed by atoms with Crippen LogP contribution in [0.1, 0.15) is 22.3 Å². The van der Waals surface area contributed by atoms with Gasteiger partial charge in [-0.05, 0) is 59.8 Å². The van der Waals surface area contributed by atoms with Crippen LogP contribution in [-0.2, 0) is 12.4 Å². The molecule has 32 heavy (non-hydrogen) atoms. The second-order valence-corrected chi connectivity index (χ2v) is 6.59. The minimum absolute atomic E-state index is 0.0110. The third-order valence-electron chi connectivity index (χ3n) is 3.25. The first-order chi connectivity index (χ1) is 14.8. The molecule has 2 aromatic rings. The summed E-state index contributed by atoms with van der Waals surface area (Å²) in [6.45, 7) is 0. The van der Waals surface area contributed by atoms with E-state index >= 15 is 0 Å². The summed E-state index contributed by atoms with van der Waals surface area (Å²) in [6.07, 6.45) is -6.02. The Hall–Kier alpha value is -3.26. The van der Waals surface area contributed by atoms with E-state index in [-0.39, 0.29) is 10.2 Å². The lowest BCUT2D eigenvalue weighted by Crippen LogP contribution is -2.24. The van der Waals surface area contributed by atoms with Crippen molar-refractivity contribution in [3.63, 3.8) is 0 Å². The van der Waals surface area contributed by atoms with Gasteiger partial charge in [0.05, 0.1) is 23.6 Å². The Balaban J connectivity index is 0.000000320. The van der Waals surface area contributed by atoms with E-state index in [1.165, 1.54) is 36.7 Å². The first kappa shape index (κ1) is 26.8. The molecule has 2 aromatic carbocycles. The highest BCUT2D eigenvalue weighted by atomic mass is 32.1. The monoisotopic (exact) mass is 494 g/mol. The second kappa shape index (κ2) is 12.0. The van der Waals surface area contributed by atoms with Crippen molar-refractivity contribution in [2.75, 3.05) is 0 Å². The number of hydrogen-bond acceptors (Lipinski definition) is 4. The highest BCUT2D eigenvalue weighted by molar-refractivity contribution is 7.80. The summed E-state index contributed by atoms with van der Waals surface area (Å²) >= 11 is 8.97. The van der Waals surface area contributed by atoms with Gasteiger partial charge in [-0.3, -0.25) is 10.9 Å². The SMILES string of the molecule is NC(=S)N/N=C/c1ccc(C(F)(F)F)cc1.NC(=S)N/N=C/c1ccc(C(F)(F)F)cc1. The van der Waals surface area contributed by atoms with Gasteiger partial charge >= 0.3 is 12.4 Å². The van der Waals surface area contributed by atoms with E-state index in [0.29, 0.717) is 11.1 Å². The molecule has 6 N–H and O–H groups in total. The molecule has 14 heteroatoms. The number of nitrogens with one attached hydrogen (secondary N) is 2. The topological polar surface area (TPSA) is 101 Å². The van der Waals surface area contributed by atoms with Gasteiger partial charge in [-0.2, -0.15) is 36.5 Å². The van der Waals surface area contributed by atoms with Gasteiger partial charge < -0.3 is 11.5 Å². The lowest BCUT2D eigenvalue weighted by molar-refractivity contribution is -0.138. The molecule has 0 atom stereocenters. The van der Waals surface area contributed by atoms with Crippen molar-refractivity contribution in [2.24, 2.45) is 21.7 Å². The van der Waals surface area contributed by atoms with Crippen molar-refractivity contribution in [1.29, 1.82) is 0 Å². The summed E-state index contributed by atoms with van der Waals surface area (Å²) in [7, 11) is 0. The van der Waals surface area contributed by atoms with Gasteiger partial charge in [-0.1, -0.05) is 24.3 Å². The van der Waals surface area contributed by atoms with Crippen molar-refractivity contribution in [2.45, 2.75) is 12.4 Å². The zero-order valence-electron chi connectivity index (χ0n) is 15.9. The van der Waals surface area contributed by atoms with Crippen molar-refractivity contribution in [3.8, 4) is 0 Å². The molecule has 0 heterocycles. The molecule has 0 aliphatic carbocycles. The number of thiocarbonyl (C=S) groups is 2. The van der Waals surface area contributed by atoms with Gasteiger partial charge in [0, 0.05) is 0 Å². The van der Waals surface area contributed by atoms with E-state index in [1.54, 1.807) is 0 Å². The van der Waals surface area contributed by atoms with E-state index < -0.39 is 23.5 Å². The maximum atomic E-state index is 12.2. The first-order valence-corrected chi connectivity index (χ1v) is 9.12. The average Bonchev–Trinajstić information content (AvgIpc) is 2.67. The molecule has 0 aliphatic heterocycles. The van der Waals surface area contributed by atoms with E-state index in [2.05, 4.69) is 45.5 Å². The van der Waals surface area contributed by atoms with Crippen LogP contribution in [0.25, 0.3) is 0 Å². The quantitative estimate of drug-likeness (QED) is 0.224. The lowest BCUT2D eigenvalue weighted by atomic mass is 10.1. The van der Waals surface area contributed by atoms with E-state index in [0.717, 1.165) is 24.3 Å². The Morgan fingerprint density at radius 3 is 1.16 bits per heavy atom. The maximum Gasteiger partial charge on any atom is 0.416 e. The molecule has 0 amide bonds. The average molecular weight is 494 g/mol. The molecular weight excluding hydrogens is 478 g/mol. The van der Waals surface area contributed by atoms with Gasteiger partial charge in [-0.15, -0.1) is 0 Å². The number of rotatable bonds is 4. The fourth-order valence-corrected chi connectivity index (χ4v) is 1.96. The van der Waals surface area contributed by atoms with Gasteiger partial charge in [0.1, 0.15) is 0 Å². The fraction of sp³-hybridized carbons (Fsp3) is 0.111. The predicted octanol–water partition coefficient (Wildman–Crippen LogP) is 3.75. The molecular formula is C18H16F6N6S2. The third kappa shape index (κ3) is 10.7. The highest BCUT2D eigenvalue weighted by Gasteiger charge is 2.30. The Kier molecular flexibility index (Phi) is 10.00. The number of nitrogens with zero attached hydrogens (tertiary/aromatic N) is 2. The van der Waals surface area contributed by atoms with Crippen molar-refractivity contribution >= 4 is 47.1 Å². The summed E-state index contributed by atoms with van der Waals surface area (Å²) in [6, 6.07) is 9.09. The standard InChI is InChI=1S/2C9H8F3N3S/c2*10-9(11,12)7-3-1-6(2-4-7)5-14-15-8(13)16/h2*1-5H,(H3,13,15,16)/b2*14-5+. The smallest absolute Gasteiger partial charge is 0.375 e. The summed E-state index contributed by atoms with van der Waals surface area (Å²) in [4.78, 5) is 0. The Morgan fingerprint density at radius 1 is 0.656 bits per heavy atom. The number of alkyl halides is 6. The number of hydrogen-bond donors (Lipinski definition) is 4. The third-order valence-corrected chi connectivity index (χ3v) is 3.44. The first-order valence-electron chi connectivity index (χ1n) is 8.30. The van der Waals surface area contributed by atoms with Crippen molar-refractivity contribution in [3.05, 3.63) is 70.8 Å². The van der Waals surface area contributed by atoms with Crippen molar-refractivity contribution < 1.29 is 26.3 Å². The molecule has 0 aromatic heterocycles. The summed E-state index contributed by atoms with van der Waals surface area (Å²) < 4.78 is 73.2. The number of benzene rings is 2. The van der Waals surface area contributed by atoms with Gasteiger partial charge in [0.2, 0.25) is 0 Å². The zero-order chi connectivity index (χ0) is 24.4. The number of nitrogens with two attached hydrogens (primary N) is 2. The molecule has 172 valence electrons. The van der Waals surface area contributed by atoms with Crippen LogP contribution in [0.3, 0.4) is 0 Å². The lowest BCUT2D eigenvalue weighted by Gasteiger charge is -2.05. The van der Waals surface area contributed by atoms with E-state index in [9.17, 15) is 26.3 Å². The van der Waals surface area contributed by atoms with Crippen molar-refractivity contribution in [1.82, 2.24) is 10.9 Å². The van der Waals surface area contributed by atoms with Crippen LogP contribution in [0.5, 0.6) is 0 Å². The number of hydrazone groups is 2. The van der Waals surface area contributed by atoms with Crippen LogP contribution < -0.4 is 22.3 Å². The maximum absolute atomic E-state index is 12.2. The molecule has 0 spiro atoms. The van der Waals surface area contributed by atoms with Crippen LogP contribution in [0.2, 0.25) is 0 Å². The molecule has 0 radical (unpaired) electrons. The molecule has 6 nitrogen and oxygen atoms in total. The fourth-order valence-electron chi connectivity index (χ4n) is 1.86. The largest absolute Gasteiger partial charge is 0.416 e. The molecule has 0 fully saturated rings. The summed E-state index contributed by atoms with van der Waals surface area (Å²) in [5.74, 6) is 0. The number of halogens is 6. The Morgan fingerprint density at radius 2 is 0.938 bits per heavy atom. The van der Waals surface area contributed by atoms with Gasteiger partial charge in [0.25, 0.3) is 0 Å². The minimum atomic E-state index is -4.33. The van der Waals surface area contributed by atoms with Gasteiger partial charge in [-0.25, -0.2) is 0 Å². The molecule has 0 aliphatic rings. The van der Waals surface area contributed by atoms with E-state index in [1.807, 2.05) is 0 Å². The van der Waals surface area contributed by atoms with Crippen LogP contribution in [0.4, 0.5) is 26.3 Å². The van der Waals surface area contributed by atoms with Crippen LogP contribution >= 0.6 is 24.4 Å². The normalized spacial score (nSPS) is 11.7. The Bertz CT molecular complexity index is 874. The zero-order valence-corrected chi connectivity index (χ0v) is 17.5. The van der Waals surface area contributed by atoms with E-state index in [4.69, 9.17) is 11.5 Å². The highest BCUT2D eigenvalue weighted by Crippen LogP contribution is 2.29. The molecule has 0 bridgehead atoms. The summed E-state index contributed by atoms with van der Waals surface area (Å²) in [5.41, 5.74) is 14.4. The molecule has 2 rings (SSSR count). The molecule has 0 saturated carbocycles. The Labute approximate surface area is 189 Å². The van der Waals surface area contributed by atoms with Gasteiger partial charge in [0.15, 0.2) is 10.2 Å². The van der Waals surface area contributed by atoms with Crippen LogP contribution in [-0.4, -0.2) is 22.7 Å². The van der Waals surface area contributed by atoms with Crippen LogP contribution in [0, 0.1) is 0 Å². The molecule has 0 saturated heterocycles. The predicted molar refractivity (Wildman–Crippen MR) is 118 cm³/mol.